The van der Waals surface area contributed by atoms with Crippen LogP contribution in [0.25, 0.3) is 0 Å². The third-order valence-corrected chi connectivity index (χ3v) is 5.03. The molecule has 1 rings (SSSR count). The first-order valence-electron chi connectivity index (χ1n) is 6.05. The fourth-order valence-electron chi connectivity index (χ4n) is 1.63. The first kappa shape index (κ1) is 16.1. The first-order chi connectivity index (χ1) is 8.86. The Labute approximate surface area is 117 Å². The highest BCUT2D eigenvalue weighted by Crippen LogP contribution is 2.18. The maximum Gasteiger partial charge on any atom is 0.240 e. The summed E-state index contributed by atoms with van der Waals surface area (Å²) in [6.07, 6.45) is 2.91. The second-order valence-electron chi connectivity index (χ2n) is 4.24. The molecular weight excluding hydrogens is 284 g/mol. The van der Waals surface area contributed by atoms with E-state index in [1.807, 2.05) is 6.92 Å². The first-order valence-corrected chi connectivity index (χ1v) is 9.26. The van der Waals surface area contributed by atoms with E-state index in [0.717, 1.165) is 12.0 Å². The van der Waals surface area contributed by atoms with Crippen LogP contribution in [0.4, 0.5) is 5.69 Å². The summed E-state index contributed by atoms with van der Waals surface area (Å²) in [6, 6.07) is 4.75. The fraction of sp³-hybridized carbons (Fsp3) is 0.500. The minimum Gasteiger partial charge on any atom is -0.398 e. The molecule has 7 heteroatoms. The van der Waals surface area contributed by atoms with E-state index in [-0.39, 0.29) is 11.4 Å². The Kier molecular flexibility index (Phi) is 5.96. The zero-order valence-corrected chi connectivity index (χ0v) is 12.8. The lowest BCUT2D eigenvalue weighted by molar-refractivity contribution is 0.580. The molecule has 0 aliphatic carbocycles. The predicted octanol–water partition coefficient (Wildman–Crippen LogP) is 0.878. The summed E-state index contributed by atoms with van der Waals surface area (Å²) in [5.74, 6) is 0.486. The lowest BCUT2D eigenvalue weighted by Gasteiger charge is -2.09. The predicted molar refractivity (Wildman–Crippen MR) is 79.0 cm³/mol. The van der Waals surface area contributed by atoms with Crippen LogP contribution >= 0.6 is 0 Å². The fourth-order valence-corrected chi connectivity index (χ4v) is 3.29. The zero-order chi connectivity index (χ0) is 14.5. The number of hydrogen-bond donors (Lipinski definition) is 2. The number of nitrogens with one attached hydrogen (secondary N) is 1. The number of rotatable bonds is 7. The molecule has 0 amide bonds. The third-order valence-electron chi connectivity index (χ3n) is 2.71. The van der Waals surface area contributed by atoms with Gasteiger partial charge in [-0.3, -0.25) is 4.21 Å². The van der Waals surface area contributed by atoms with Gasteiger partial charge in [-0.2, -0.15) is 0 Å². The van der Waals surface area contributed by atoms with Crippen molar-refractivity contribution in [2.45, 2.75) is 24.7 Å². The molecule has 5 nitrogen and oxygen atoms in total. The van der Waals surface area contributed by atoms with Crippen molar-refractivity contribution in [3.05, 3.63) is 23.8 Å². The van der Waals surface area contributed by atoms with Crippen molar-refractivity contribution in [2.75, 3.05) is 24.3 Å². The third kappa shape index (κ3) is 4.93. The van der Waals surface area contributed by atoms with Crippen molar-refractivity contribution in [3.8, 4) is 0 Å². The van der Waals surface area contributed by atoms with E-state index >= 15 is 0 Å². The van der Waals surface area contributed by atoms with Crippen molar-refractivity contribution >= 4 is 26.5 Å². The summed E-state index contributed by atoms with van der Waals surface area (Å²) < 4.78 is 37.3. The summed E-state index contributed by atoms with van der Waals surface area (Å²) in [5.41, 5.74) is 7.21. The largest absolute Gasteiger partial charge is 0.398 e. The van der Waals surface area contributed by atoms with Gasteiger partial charge in [0.15, 0.2) is 0 Å². The summed E-state index contributed by atoms with van der Waals surface area (Å²) in [4.78, 5) is 0.167. The van der Waals surface area contributed by atoms with E-state index in [4.69, 9.17) is 5.73 Å². The van der Waals surface area contributed by atoms with Gasteiger partial charge in [0.05, 0.1) is 4.90 Å². The van der Waals surface area contributed by atoms with Gasteiger partial charge in [0, 0.05) is 35.0 Å². The molecule has 0 saturated carbocycles. The van der Waals surface area contributed by atoms with Crippen molar-refractivity contribution < 1.29 is 12.6 Å². The average Bonchev–Trinajstić information content (AvgIpc) is 2.34. The maximum atomic E-state index is 12.0. The number of anilines is 1. The zero-order valence-electron chi connectivity index (χ0n) is 11.2. The molecule has 19 heavy (non-hydrogen) atoms. The van der Waals surface area contributed by atoms with Gasteiger partial charge in [-0.1, -0.05) is 13.0 Å². The molecule has 0 saturated heterocycles. The molecule has 1 aromatic carbocycles. The Bertz CT molecular complexity index is 556. The summed E-state index contributed by atoms with van der Waals surface area (Å²) >= 11 is 0. The van der Waals surface area contributed by atoms with E-state index in [1.54, 1.807) is 18.4 Å². The average molecular weight is 304 g/mol. The van der Waals surface area contributed by atoms with Crippen molar-refractivity contribution in [1.29, 1.82) is 0 Å². The summed E-state index contributed by atoms with van der Waals surface area (Å²) in [7, 11) is -4.44. The molecule has 1 atom stereocenters. The van der Waals surface area contributed by atoms with Crippen LogP contribution < -0.4 is 10.5 Å². The standard InChI is InChI=1S/C12H20N2O3S2/c1-3-10-5-6-11(9-12(10)13)19(16,17)14-7-4-8-18(2)15/h5-6,9,14H,3-4,7-8,13H2,1-2H3. The highest BCUT2D eigenvalue weighted by molar-refractivity contribution is 7.89. The summed E-state index contributed by atoms with van der Waals surface area (Å²) in [6.45, 7) is 2.24. The van der Waals surface area contributed by atoms with Crippen LogP contribution in [0, 0.1) is 0 Å². The van der Waals surface area contributed by atoms with E-state index < -0.39 is 20.8 Å². The van der Waals surface area contributed by atoms with Crippen molar-refractivity contribution in [2.24, 2.45) is 0 Å². The normalized spacial score (nSPS) is 13.4. The minimum atomic E-state index is -3.53. The molecule has 0 radical (unpaired) electrons. The number of hydrogen-bond acceptors (Lipinski definition) is 4. The van der Waals surface area contributed by atoms with Gasteiger partial charge in [-0.05, 0) is 30.5 Å². The minimum absolute atomic E-state index is 0.167. The summed E-state index contributed by atoms with van der Waals surface area (Å²) in [5, 5.41) is 0. The van der Waals surface area contributed by atoms with Crippen LogP contribution in [-0.4, -0.2) is 31.2 Å². The molecule has 0 aromatic heterocycles. The van der Waals surface area contributed by atoms with Gasteiger partial charge in [0.1, 0.15) is 0 Å². The molecule has 0 spiro atoms. The van der Waals surface area contributed by atoms with Gasteiger partial charge >= 0.3 is 0 Å². The van der Waals surface area contributed by atoms with Gasteiger partial charge in [0.2, 0.25) is 10.0 Å². The Morgan fingerprint density at radius 3 is 2.58 bits per heavy atom. The number of nitrogens with two attached hydrogens (primary N) is 1. The van der Waals surface area contributed by atoms with E-state index in [0.29, 0.717) is 17.9 Å². The monoisotopic (exact) mass is 304 g/mol. The highest BCUT2D eigenvalue weighted by Gasteiger charge is 2.14. The van der Waals surface area contributed by atoms with Crippen molar-refractivity contribution in [1.82, 2.24) is 4.72 Å². The molecule has 0 heterocycles. The Morgan fingerprint density at radius 1 is 1.37 bits per heavy atom. The second-order valence-corrected chi connectivity index (χ2v) is 7.56. The van der Waals surface area contributed by atoms with Crippen LogP contribution in [0.1, 0.15) is 18.9 Å². The molecule has 0 aliphatic heterocycles. The maximum absolute atomic E-state index is 12.0. The molecule has 1 unspecified atom stereocenters. The Balaban J connectivity index is 2.72. The SMILES string of the molecule is CCc1ccc(S(=O)(=O)NCCCS(C)=O)cc1N. The molecule has 0 fully saturated rings. The van der Waals surface area contributed by atoms with E-state index in [1.165, 1.54) is 6.07 Å². The van der Waals surface area contributed by atoms with Crippen molar-refractivity contribution in [3.63, 3.8) is 0 Å². The number of aryl methyl sites for hydroxylation is 1. The lowest BCUT2D eigenvalue weighted by atomic mass is 10.1. The van der Waals surface area contributed by atoms with Crippen LogP contribution in [0.2, 0.25) is 0 Å². The van der Waals surface area contributed by atoms with E-state index in [9.17, 15) is 12.6 Å². The molecular formula is C12H20N2O3S2. The van der Waals surface area contributed by atoms with Gasteiger partial charge in [-0.25, -0.2) is 13.1 Å². The number of sulfonamides is 1. The van der Waals surface area contributed by atoms with Gasteiger partial charge in [-0.15, -0.1) is 0 Å². The Morgan fingerprint density at radius 2 is 2.05 bits per heavy atom. The molecule has 0 aliphatic rings. The molecule has 0 bridgehead atoms. The number of nitrogen functional groups attached to an aromatic ring is 1. The molecule has 108 valence electrons. The van der Waals surface area contributed by atoms with Crippen LogP contribution in [-0.2, 0) is 27.2 Å². The van der Waals surface area contributed by atoms with Crippen LogP contribution in [0.3, 0.4) is 0 Å². The number of benzene rings is 1. The lowest BCUT2D eigenvalue weighted by Crippen LogP contribution is -2.25. The quantitative estimate of drug-likeness (QED) is 0.578. The molecule has 3 N–H and O–H groups in total. The molecule has 1 aromatic rings. The van der Waals surface area contributed by atoms with Crippen LogP contribution in [0.15, 0.2) is 23.1 Å². The van der Waals surface area contributed by atoms with Gasteiger partial charge < -0.3 is 5.73 Å². The highest BCUT2D eigenvalue weighted by atomic mass is 32.2. The topological polar surface area (TPSA) is 89.3 Å². The second kappa shape index (κ2) is 7.02. The van der Waals surface area contributed by atoms with Gasteiger partial charge in [0.25, 0.3) is 0 Å². The van der Waals surface area contributed by atoms with Crippen LogP contribution in [0.5, 0.6) is 0 Å². The van der Waals surface area contributed by atoms with E-state index in [2.05, 4.69) is 4.72 Å². The smallest absolute Gasteiger partial charge is 0.240 e. The Hall–Kier alpha value is -0.920.